The quantitative estimate of drug-likeness (QED) is 0.602. The van der Waals surface area contributed by atoms with Crippen molar-refractivity contribution in [1.82, 2.24) is 0 Å². The fraction of sp³-hybridized carbons (Fsp3) is 0.118. The number of carbonyl (C=O) groups excluding carboxylic acids is 1. The van der Waals surface area contributed by atoms with E-state index >= 15 is 0 Å². The predicted molar refractivity (Wildman–Crippen MR) is 87.9 cm³/mol. The summed E-state index contributed by atoms with van der Waals surface area (Å²) in [5.74, 6) is 0.893. The van der Waals surface area contributed by atoms with Crippen molar-refractivity contribution in [2.24, 2.45) is 0 Å². The molecule has 0 aromatic heterocycles. The van der Waals surface area contributed by atoms with Crippen LogP contribution in [0.2, 0.25) is 10.0 Å². The smallest absolute Gasteiger partial charge is 0.331 e. The van der Waals surface area contributed by atoms with E-state index in [4.69, 9.17) is 37.4 Å². The van der Waals surface area contributed by atoms with Crippen LogP contribution in [0.5, 0.6) is 11.5 Å². The Balaban J connectivity index is 1.58. The largest absolute Gasteiger partial charge is 0.458 e. The van der Waals surface area contributed by atoms with Crippen molar-refractivity contribution >= 4 is 35.2 Å². The van der Waals surface area contributed by atoms with Gasteiger partial charge in [0.1, 0.15) is 6.61 Å². The maximum Gasteiger partial charge on any atom is 0.331 e. The van der Waals surface area contributed by atoms with Gasteiger partial charge in [-0.25, -0.2) is 4.79 Å². The van der Waals surface area contributed by atoms with Crippen molar-refractivity contribution in [3.8, 4) is 11.5 Å². The molecule has 0 spiro atoms. The highest BCUT2D eigenvalue weighted by Gasteiger charge is 2.12. The first-order valence-electron chi connectivity index (χ1n) is 6.80. The standard InChI is InChI=1S/C17H12Cl2O4/c18-13-4-3-12(14(19)8-13)9-21-17(20)6-2-11-1-5-15-16(7-11)23-10-22-15/h1-8H,9-10H2. The lowest BCUT2D eigenvalue weighted by Gasteiger charge is -2.05. The zero-order valence-electron chi connectivity index (χ0n) is 11.9. The maximum atomic E-state index is 11.8. The number of rotatable bonds is 4. The SMILES string of the molecule is O=C(C=Cc1ccc2c(c1)OCO2)OCc1ccc(Cl)cc1Cl. The van der Waals surface area contributed by atoms with E-state index in [0.717, 1.165) is 5.56 Å². The number of hydrogen-bond donors (Lipinski definition) is 0. The third-order valence-corrected chi connectivity index (χ3v) is 3.78. The van der Waals surface area contributed by atoms with Crippen molar-refractivity contribution in [3.63, 3.8) is 0 Å². The van der Waals surface area contributed by atoms with Crippen LogP contribution in [0.3, 0.4) is 0 Å². The second-order valence-corrected chi connectivity index (χ2v) is 5.63. The monoisotopic (exact) mass is 350 g/mol. The summed E-state index contributed by atoms with van der Waals surface area (Å²) in [6, 6.07) is 10.4. The predicted octanol–water partition coefficient (Wildman–Crippen LogP) is 4.48. The molecule has 118 valence electrons. The highest BCUT2D eigenvalue weighted by Crippen LogP contribution is 2.32. The topological polar surface area (TPSA) is 44.8 Å². The zero-order valence-corrected chi connectivity index (χ0v) is 13.4. The normalized spacial score (nSPS) is 12.6. The van der Waals surface area contributed by atoms with Gasteiger partial charge in [0, 0.05) is 21.7 Å². The third kappa shape index (κ3) is 3.97. The molecule has 0 saturated heterocycles. The Morgan fingerprint density at radius 3 is 2.78 bits per heavy atom. The van der Waals surface area contributed by atoms with Gasteiger partial charge in [0.2, 0.25) is 6.79 Å². The molecule has 1 aliphatic heterocycles. The van der Waals surface area contributed by atoms with E-state index in [1.165, 1.54) is 6.08 Å². The van der Waals surface area contributed by atoms with Gasteiger partial charge >= 0.3 is 5.97 Å². The summed E-state index contributed by atoms with van der Waals surface area (Å²) in [6.45, 7) is 0.298. The summed E-state index contributed by atoms with van der Waals surface area (Å²) in [5.41, 5.74) is 1.51. The molecule has 0 radical (unpaired) electrons. The first-order valence-corrected chi connectivity index (χ1v) is 7.56. The molecule has 1 heterocycles. The highest BCUT2D eigenvalue weighted by molar-refractivity contribution is 6.35. The van der Waals surface area contributed by atoms with Crippen molar-refractivity contribution in [3.05, 3.63) is 63.6 Å². The van der Waals surface area contributed by atoms with Crippen LogP contribution in [-0.4, -0.2) is 12.8 Å². The summed E-state index contributed by atoms with van der Waals surface area (Å²) in [7, 11) is 0. The molecule has 0 unspecified atom stereocenters. The van der Waals surface area contributed by atoms with Crippen LogP contribution < -0.4 is 9.47 Å². The molecule has 0 amide bonds. The molecule has 0 saturated carbocycles. The van der Waals surface area contributed by atoms with E-state index in [9.17, 15) is 4.79 Å². The summed E-state index contributed by atoms with van der Waals surface area (Å²) < 4.78 is 15.7. The van der Waals surface area contributed by atoms with Crippen LogP contribution in [0, 0.1) is 0 Å². The molecule has 0 aliphatic carbocycles. The molecular formula is C17H12Cl2O4. The molecule has 3 rings (SSSR count). The van der Waals surface area contributed by atoms with E-state index in [-0.39, 0.29) is 13.4 Å². The fourth-order valence-corrected chi connectivity index (χ4v) is 2.48. The average Bonchev–Trinajstić information content (AvgIpc) is 2.99. The minimum Gasteiger partial charge on any atom is -0.458 e. The van der Waals surface area contributed by atoms with Crippen LogP contribution in [0.15, 0.2) is 42.5 Å². The molecule has 0 N–H and O–H groups in total. The minimum absolute atomic E-state index is 0.0836. The number of fused-ring (bicyclic) bond motifs is 1. The van der Waals surface area contributed by atoms with E-state index < -0.39 is 5.97 Å². The van der Waals surface area contributed by atoms with Gasteiger partial charge in [-0.3, -0.25) is 0 Å². The van der Waals surface area contributed by atoms with Crippen LogP contribution >= 0.6 is 23.2 Å². The zero-order chi connectivity index (χ0) is 16.2. The molecule has 6 heteroatoms. The molecule has 2 aromatic carbocycles. The lowest BCUT2D eigenvalue weighted by molar-refractivity contribution is -0.138. The number of benzene rings is 2. The first-order chi connectivity index (χ1) is 11.1. The van der Waals surface area contributed by atoms with Crippen LogP contribution in [0.4, 0.5) is 0 Å². The molecule has 0 atom stereocenters. The Bertz CT molecular complexity index is 771. The Labute approximate surface area is 143 Å². The van der Waals surface area contributed by atoms with Gasteiger partial charge in [-0.2, -0.15) is 0 Å². The van der Waals surface area contributed by atoms with E-state index in [1.54, 1.807) is 36.4 Å². The van der Waals surface area contributed by atoms with E-state index in [0.29, 0.717) is 27.1 Å². The summed E-state index contributed by atoms with van der Waals surface area (Å²) in [6.07, 6.45) is 3.00. The summed E-state index contributed by atoms with van der Waals surface area (Å²) in [4.78, 5) is 11.8. The number of ether oxygens (including phenoxy) is 3. The van der Waals surface area contributed by atoms with Gasteiger partial charge < -0.3 is 14.2 Å². The summed E-state index contributed by atoms with van der Waals surface area (Å²) in [5, 5.41) is 0.998. The Hall–Kier alpha value is -2.17. The van der Waals surface area contributed by atoms with Gasteiger partial charge in [-0.15, -0.1) is 0 Å². The van der Waals surface area contributed by atoms with Gasteiger partial charge in [-0.1, -0.05) is 35.3 Å². The van der Waals surface area contributed by atoms with Crippen molar-refractivity contribution in [1.29, 1.82) is 0 Å². The number of halogens is 2. The van der Waals surface area contributed by atoms with Gasteiger partial charge in [0.15, 0.2) is 11.5 Å². The molecule has 4 nitrogen and oxygen atoms in total. The number of hydrogen-bond acceptors (Lipinski definition) is 4. The molecular weight excluding hydrogens is 339 g/mol. The first kappa shape index (κ1) is 15.7. The Morgan fingerprint density at radius 1 is 1.13 bits per heavy atom. The third-order valence-electron chi connectivity index (χ3n) is 3.19. The van der Waals surface area contributed by atoms with Gasteiger partial charge in [0.05, 0.1) is 0 Å². The van der Waals surface area contributed by atoms with Crippen molar-refractivity contribution in [2.75, 3.05) is 6.79 Å². The van der Waals surface area contributed by atoms with Crippen LogP contribution in [-0.2, 0) is 16.1 Å². The second kappa shape index (κ2) is 6.94. The lowest BCUT2D eigenvalue weighted by Crippen LogP contribution is -2.01. The van der Waals surface area contributed by atoms with E-state index in [1.807, 2.05) is 6.07 Å². The van der Waals surface area contributed by atoms with Crippen LogP contribution in [0.25, 0.3) is 6.08 Å². The maximum absolute atomic E-state index is 11.8. The molecule has 1 aliphatic rings. The van der Waals surface area contributed by atoms with Gasteiger partial charge in [-0.05, 0) is 35.9 Å². The molecule has 0 fully saturated rings. The molecule has 2 aromatic rings. The molecule has 23 heavy (non-hydrogen) atoms. The lowest BCUT2D eigenvalue weighted by atomic mass is 10.2. The van der Waals surface area contributed by atoms with Crippen molar-refractivity contribution in [2.45, 2.75) is 6.61 Å². The minimum atomic E-state index is -0.464. The highest BCUT2D eigenvalue weighted by atomic mass is 35.5. The molecule has 0 bridgehead atoms. The van der Waals surface area contributed by atoms with E-state index in [2.05, 4.69) is 0 Å². The number of esters is 1. The Morgan fingerprint density at radius 2 is 1.96 bits per heavy atom. The van der Waals surface area contributed by atoms with Crippen LogP contribution in [0.1, 0.15) is 11.1 Å². The Kier molecular flexibility index (Phi) is 4.74. The number of carbonyl (C=O) groups is 1. The fourth-order valence-electron chi connectivity index (χ4n) is 2.02. The van der Waals surface area contributed by atoms with Gasteiger partial charge in [0.25, 0.3) is 0 Å². The average molecular weight is 351 g/mol. The summed E-state index contributed by atoms with van der Waals surface area (Å²) >= 11 is 11.8. The van der Waals surface area contributed by atoms with Crippen molar-refractivity contribution < 1.29 is 19.0 Å². The second-order valence-electron chi connectivity index (χ2n) is 4.79.